The number of nitrogens with zero attached hydrogens (tertiary/aromatic N) is 5. The van der Waals surface area contributed by atoms with Gasteiger partial charge in [0.05, 0.1) is 6.54 Å². The lowest BCUT2D eigenvalue weighted by molar-refractivity contribution is 0.0827. The van der Waals surface area contributed by atoms with E-state index < -0.39 is 0 Å². The summed E-state index contributed by atoms with van der Waals surface area (Å²) in [6.07, 6.45) is 2.51. The van der Waals surface area contributed by atoms with E-state index in [4.69, 9.17) is 0 Å². The van der Waals surface area contributed by atoms with Crippen LogP contribution in [0.2, 0.25) is 0 Å². The average Bonchev–Trinajstić information content (AvgIpc) is 3.42. The monoisotopic (exact) mass is 421 g/mol. The van der Waals surface area contributed by atoms with Gasteiger partial charge >= 0.3 is 0 Å². The number of likely N-dealkylation sites (tertiary alicyclic amines) is 1. The van der Waals surface area contributed by atoms with E-state index in [0.29, 0.717) is 5.56 Å². The maximum atomic E-state index is 12.3. The summed E-state index contributed by atoms with van der Waals surface area (Å²) in [6.45, 7) is 3.06. The van der Waals surface area contributed by atoms with Crippen LogP contribution in [0.15, 0.2) is 59.8 Å². The number of para-hydroxylation sites is 1. The van der Waals surface area contributed by atoms with Crippen LogP contribution in [0.25, 0.3) is 5.69 Å². The smallest absolute Gasteiger partial charge is 0.253 e. The minimum absolute atomic E-state index is 0.0159. The van der Waals surface area contributed by atoms with Crippen LogP contribution < -0.4 is 0 Å². The topological polar surface area (TPSA) is 54.3 Å². The highest BCUT2D eigenvalue weighted by molar-refractivity contribution is 7.98. The number of hydrogen-bond acceptors (Lipinski definition) is 5. The Labute approximate surface area is 181 Å². The summed E-state index contributed by atoms with van der Waals surface area (Å²) in [5, 5.41) is 9.91. The molecule has 1 saturated heterocycles. The molecule has 1 aliphatic rings. The predicted octanol–water partition coefficient (Wildman–Crippen LogP) is 3.86. The number of benzene rings is 2. The number of aromatic nitrogens is 3. The van der Waals surface area contributed by atoms with Gasteiger partial charge in [0.25, 0.3) is 5.91 Å². The molecule has 0 aliphatic carbocycles. The molecule has 3 aromatic rings. The summed E-state index contributed by atoms with van der Waals surface area (Å²) in [6, 6.07) is 18.1. The summed E-state index contributed by atoms with van der Waals surface area (Å²) in [5.74, 6) is 1.72. The standard InChI is InChI=1S/C23H27N5OS/c1-26(2)22(29)19-10-8-9-18(15-19)17-30-23-25-24-21(16-27-13-6-7-14-27)28(23)20-11-4-3-5-12-20/h3-5,8-12,15H,6-7,13-14,16-17H2,1-2H3. The lowest BCUT2D eigenvalue weighted by Gasteiger charge is -2.16. The minimum atomic E-state index is 0.0159. The van der Waals surface area contributed by atoms with Gasteiger partial charge in [-0.1, -0.05) is 42.1 Å². The van der Waals surface area contributed by atoms with Crippen LogP contribution in [0, 0.1) is 0 Å². The van der Waals surface area contributed by atoms with Crippen molar-refractivity contribution in [2.45, 2.75) is 30.3 Å². The molecule has 0 atom stereocenters. The number of amides is 1. The number of hydrogen-bond donors (Lipinski definition) is 0. The Morgan fingerprint density at radius 3 is 2.53 bits per heavy atom. The van der Waals surface area contributed by atoms with Gasteiger partial charge in [0, 0.05) is 31.1 Å². The van der Waals surface area contributed by atoms with E-state index in [-0.39, 0.29) is 5.91 Å². The third-order valence-corrected chi connectivity index (χ3v) is 6.23. The molecular formula is C23H27N5OS. The largest absolute Gasteiger partial charge is 0.345 e. The predicted molar refractivity (Wildman–Crippen MR) is 120 cm³/mol. The van der Waals surface area contributed by atoms with Gasteiger partial charge in [0.15, 0.2) is 11.0 Å². The maximum Gasteiger partial charge on any atom is 0.253 e. The molecule has 6 nitrogen and oxygen atoms in total. The zero-order valence-corrected chi connectivity index (χ0v) is 18.3. The van der Waals surface area contributed by atoms with E-state index >= 15 is 0 Å². The van der Waals surface area contributed by atoms with Gasteiger partial charge in [-0.2, -0.15) is 0 Å². The first-order valence-electron chi connectivity index (χ1n) is 10.3. The van der Waals surface area contributed by atoms with Crippen LogP contribution in [-0.2, 0) is 12.3 Å². The van der Waals surface area contributed by atoms with Gasteiger partial charge < -0.3 is 4.90 Å². The van der Waals surface area contributed by atoms with E-state index in [0.717, 1.165) is 47.6 Å². The van der Waals surface area contributed by atoms with Gasteiger partial charge in [-0.3, -0.25) is 14.3 Å². The van der Waals surface area contributed by atoms with Crippen LogP contribution >= 0.6 is 11.8 Å². The Hall–Kier alpha value is -2.64. The second kappa shape index (κ2) is 9.45. The van der Waals surface area contributed by atoms with E-state index in [9.17, 15) is 4.79 Å². The molecule has 0 radical (unpaired) electrons. The molecular weight excluding hydrogens is 394 g/mol. The molecule has 156 valence electrons. The summed E-state index contributed by atoms with van der Waals surface area (Å²) in [5.41, 5.74) is 2.88. The lowest BCUT2D eigenvalue weighted by Crippen LogP contribution is -2.21. The zero-order chi connectivity index (χ0) is 20.9. The highest BCUT2D eigenvalue weighted by atomic mass is 32.2. The van der Waals surface area contributed by atoms with Gasteiger partial charge in [-0.05, 0) is 55.8 Å². The number of carbonyl (C=O) groups excluding carboxylic acids is 1. The normalized spacial score (nSPS) is 14.2. The lowest BCUT2D eigenvalue weighted by atomic mass is 10.1. The van der Waals surface area contributed by atoms with Gasteiger partial charge in [0.1, 0.15) is 0 Å². The first kappa shape index (κ1) is 20.6. The first-order chi connectivity index (χ1) is 14.6. The van der Waals surface area contributed by atoms with E-state index in [1.165, 1.54) is 12.8 Å². The molecule has 0 unspecified atom stereocenters. The number of rotatable bonds is 7. The highest BCUT2D eigenvalue weighted by Crippen LogP contribution is 2.26. The Kier molecular flexibility index (Phi) is 6.50. The number of thioether (sulfide) groups is 1. The van der Waals surface area contributed by atoms with Crippen LogP contribution in [0.4, 0.5) is 0 Å². The molecule has 2 aromatic carbocycles. The molecule has 1 aliphatic heterocycles. The molecule has 0 spiro atoms. The Morgan fingerprint density at radius 2 is 1.80 bits per heavy atom. The van der Waals surface area contributed by atoms with Crippen molar-refractivity contribution < 1.29 is 4.79 Å². The second-order valence-corrected chi connectivity index (χ2v) is 8.68. The molecule has 2 heterocycles. The summed E-state index contributed by atoms with van der Waals surface area (Å²) in [4.78, 5) is 16.3. The quantitative estimate of drug-likeness (QED) is 0.542. The second-order valence-electron chi connectivity index (χ2n) is 7.74. The van der Waals surface area contributed by atoms with Crippen LogP contribution in [-0.4, -0.2) is 57.7 Å². The number of carbonyl (C=O) groups is 1. The van der Waals surface area contributed by atoms with E-state index in [2.05, 4.69) is 31.8 Å². The minimum Gasteiger partial charge on any atom is -0.345 e. The van der Waals surface area contributed by atoms with Gasteiger partial charge in [-0.25, -0.2) is 0 Å². The molecule has 4 rings (SSSR count). The fraction of sp³-hybridized carbons (Fsp3) is 0.348. The average molecular weight is 422 g/mol. The fourth-order valence-electron chi connectivity index (χ4n) is 3.67. The van der Waals surface area contributed by atoms with E-state index in [1.807, 2.05) is 42.5 Å². The van der Waals surface area contributed by atoms with Crippen molar-refractivity contribution in [2.75, 3.05) is 27.2 Å². The van der Waals surface area contributed by atoms with Crippen molar-refractivity contribution >= 4 is 17.7 Å². The molecule has 1 fully saturated rings. The van der Waals surface area contributed by atoms with Gasteiger partial charge in [-0.15, -0.1) is 10.2 Å². The molecule has 0 bridgehead atoms. The molecule has 7 heteroatoms. The molecule has 0 saturated carbocycles. The highest BCUT2D eigenvalue weighted by Gasteiger charge is 2.19. The van der Waals surface area contributed by atoms with Crippen molar-refractivity contribution in [1.82, 2.24) is 24.6 Å². The zero-order valence-electron chi connectivity index (χ0n) is 17.5. The van der Waals surface area contributed by atoms with Crippen molar-refractivity contribution in [3.05, 3.63) is 71.5 Å². The first-order valence-corrected chi connectivity index (χ1v) is 11.3. The maximum absolute atomic E-state index is 12.3. The Balaban J connectivity index is 1.56. The third-order valence-electron chi connectivity index (χ3n) is 5.23. The molecule has 1 aromatic heterocycles. The van der Waals surface area contributed by atoms with Crippen molar-refractivity contribution in [2.24, 2.45) is 0 Å². The summed E-state index contributed by atoms with van der Waals surface area (Å²) < 4.78 is 2.16. The van der Waals surface area contributed by atoms with Crippen LogP contribution in [0.1, 0.15) is 34.6 Å². The SMILES string of the molecule is CN(C)C(=O)c1cccc(CSc2nnc(CN3CCCC3)n2-c2ccccc2)c1. The molecule has 0 N–H and O–H groups in total. The van der Waals surface area contributed by atoms with Crippen molar-refractivity contribution in [3.8, 4) is 5.69 Å². The summed E-state index contributed by atoms with van der Waals surface area (Å²) in [7, 11) is 3.54. The Morgan fingerprint density at radius 1 is 1.03 bits per heavy atom. The summed E-state index contributed by atoms with van der Waals surface area (Å²) >= 11 is 1.65. The third kappa shape index (κ3) is 4.74. The van der Waals surface area contributed by atoms with Crippen LogP contribution in [0.5, 0.6) is 0 Å². The Bertz CT molecular complexity index is 996. The fourth-order valence-corrected chi connectivity index (χ4v) is 4.59. The van der Waals surface area contributed by atoms with Crippen LogP contribution in [0.3, 0.4) is 0 Å². The van der Waals surface area contributed by atoms with Crippen molar-refractivity contribution in [3.63, 3.8) is 0 Å². The van der Waals surface area contributed by atoms with Crippen molar-refractivity contribution in [1.29, 1.82) is 0 Å². The van der Waals surface area contributed by atoms with Gasteiger partial charge in [0.2, 0.25) is 0 Å². The van der Waals surface area contributed by atoms with E-state index in [1.54, 1.807) is 30.8 Å². The molecule has 30 heavy (non-hydrogen) atoms. The molecule has 1 amide bonds.